The molecule has 3 heteroatoms. The Kier molecular flexibility index (Phi) is 5.12. The van der Waals surface area contributed by atoms with E-state index in [2.05, 4.69) is 6.92 Å². The Balaban J connectivity index is 2.02. The van der Waals surface area contributed by atoms with E-state index in [4.69, 9.17) is 22.1 Å². The van der Waals surface area contributed by atoms with Crippen LogP contribution in [0.4, 0.5) is 0 Å². The van der Waals surface area contributed by atoms with Crippen molar-refractivity contribution in [3.8, 4) is 5.75 Å². The molecule has 19 heavy (non-hydrogen) atoms. The SMILES string of the molecule is COc1ccc(Cl)cc1CC(N)C1CCC(C)CC1. The Bertz CT molecular complexity index is 413. The number of methoxy groups -OCH3 is 1. The molecule has 0 heterocycles. The molecule has 2 nitrogen and oxygen atoms in total. The maximum atomic E-state index is 6.40. The number of hydrogen-bond donors (Lipinski definition) is 1. The third-order valence-corrected chi connectivity index (χ3v) is 4.60. The highest BCUT2D eigenvalue weighted by atomic mass is 35.5. The predicted octanol–water partition coefficient (Wildman–Crippen LogP) is 4.04. The molecule has 1 saturated carbocycles. The Labute approximate surface area is 121 Å². The molecular weight excluding hydrogens is 258 g/mol. The minimum Gasteiger partial charge on any atom is -0.496 e. The van der Waals surface area contributed by atoms with Gasteiger partial charge in [-0.1, -0.05) is 31.4 Å². The zero-order valence-corrected chi connectivity index (χ0v) is 12.6. The maximum absolute atomic E-state index is 6.40. The summed E-state index contributed by atoms with van der Waals surface area (Å²) in [6.45, 7) is 2.34. The highest BCUT2D eigenvalue weighted by molar-refractivity contribution is 6.30. The topological polar surface area (TPSA) is 35.2 Å². The fourth-order valence-corrected chi connectivity index (χ4v) is 3.24. The van der Waals surface area contributed by atoms with E-state index >= 15 is 0 Å². The lowest BCUT2D eigenvalue weighted by Gasteiger charge is -2.31. The predicted molar refractivity (Wildman–Crippen MR) is 80.8 cm³/mol. The van der Waals surface area contributed by atoms with Gasteiger partial charge in [-0.05, 0) is 54.9 Å². The minimum absolute atomic E-state index is 0.208. The van der Waals surface area contributed by atoms with E-state index in [9.17, 15) is 0 Å². The van der Waals surface area contributed by atoms with Crippen LogP contribution in [0.15, 0.2) is 18.2 Å². The average Bonchev–Trinajstić information content (AvgIpc) is 2.39. The van der Waals surface area contributed by atoms with Crippen molar-refractivity contribution in [2.45, 2.75) is 45.1 Å². The number of halogens is 1. The van der Waals surface area contributed by atoms with Crippen LogP contribution < -0.4 is 10.5 Å². The van der Waals surface area contributed by atoms with Gasteiger partial charge in [-0.2, -0.15) is 0 Å². The molecule has 0 aliphatic heterocycles. The molecule has 0 amide bonds. The van der Waals surface area contributed by atoms with Crippen LogP contribution in [0.5, 0.6) is 5.75 Å². The molecule has 1 unspecified atom stereocenters. The van der Waals surface area contributed by atoms with E-state index < -0.39 is 0 Å². The zero-order chi connectivity index (χ0) is 13.8. The van der Waals surface area contributed by atoms with E-state index in [0.29, 0.717) is 5.92 Å². The lowest BCUT2D eigenvalue weighted by molar-refractivity contribution is 0.252. The average molecular weight is 282 g/mol. The normalized spacial score (nSPS) is 25.1. The molecule has 1 aromatic rings. The van der Waals surface area contributed by atoms with Crippen molar-refractivity contribution >= 4 is 11.6 Å². The molecule has 1 atom stereocenters. The van der Waals surface area contributed by atoms with E-state index in [0.717, 1.165) is 28.7 Å². The van der Waals surface area contributed by atoms with Crippen molar-refractivity contribution in [1.29, 1.82) is 0 Å². The lowest BCUT2D eigenvalue weighted by atomic mass is 9.78. The fourth-order valence-electron chi connectivity index (χ4n) is 3.04. The zero-order valence-electron chi connectivity index (χ0n) is 11.9. The third-order valence-electron chi connectivity index (χ3n) is 4.36. The third kappa shape index (κ3) is 3.87. The summed E-state index contributed by atoms with van der Waals surface area (Å²) in [5.74, 6) is 2.40. The van der Waals surface area contributed by atoms with Crippen LogP contribution in [-0.2, 0) is 6.42 Å². The van der Waals surface area contributed by atoms with Gasteiger partial charge < -0.3 is 10.5 Å². The number of nitrogens with two attached hydrogens (primary N) is 1. The van der Waals surface area contributed by atoms with Crippen LogP contribution in [0.3, 0.4) is 0 Å². The van der Waals surface area contributed by atoms with E-state index in [1.165, 1.54) is 25.7 Å². The molecule has 0 saturated heterocycles. The van der Waals surface area contributed by atoms with Crippen LogP contribution in [0.1, 0.15) is 38.2 Å². The van der Waals surface area contributed by atoms with Gasteiger partial charge in [-0.3, -0.25) is 0 Å². The minimum atomic E-state index is 0.208. The van der Waals surface area contributed by atoms with Crippen LogP contribution in [0.25, 0.3) is 0 Å². The summed E-state index contributed by atoms with van der Waals surface area (Å²) in [5, 5.41) is 0.750. The molecule has 106 valence electrons. The summed E-state index contributed by atoms with van der Waals surface area (Å²) in [5.41, 5.74) is 7.53. The van der Waals surface area contributed by atoms with Crippen molar-refractivity contribution in [2.75, 3.05) is 7.11 Å². The molecule has 0 aromatic heterocycles. The van der Waals surface area contributed by atoms with Crippen molar-refractivity contribution in [3.05, 3.63) is 28.8 Å². The quantitative estimate of drug-likeness (QED) is 0.904. The van der Waals surface area contributed by atoms with E-state index in [1.807, 2.05) is 18.2 Å². The number of benzene rings is 1. The highest BCUT2D eigenvalue weighted by Crippen LogP contribution is 2.32. The standard InChI is InChI=1S/C16H24ClNO/c1-11-3-5-12(6-4-11)15(18)10-13-9-14(17)7-8-16(13)19-2/h7-9,11-12,15H,3-6,10,18H2,1-2H3. The Hall–Kier alpha value is -0.730. The van der Waals surface area contributed by atoms with Gasteiger partial charge in [0.1, 0.15) is 5.75 Å². The first kappa shape index (κ1) is 14.7. The Morgan fingerprint density at radius 1 is 1.32 bits per heavy atom. The Morgan fingerprint density at radius 2 is 2.00 bits per heavy atom. The molecule has 1 aromatic carbocycles. The summed E-state index contributed by atoms with van der Waals surface area (Å²) in [6, 6.07) is 5.97. The van der Waals surface area contributed by atoms with Gasteiger partial charge in [0.15, 0.2) is 0 Å². The smallest absolute Gasteiger partial charge is 0.122 e. The molecule has 1 aliphatic carbocycles. The van der Waals surface area contributed by atoms with E-state index in [1.54, 1.807) is 7.11 Å². The first-order chi connectivity index (χ1) is 9.10. The molecule has 2 rings (SSSR count). The van der Waals surface area contributed by atoms with Crippen molar-refractivity contribution in [1.82, 2.24) is 0 Å². The van der Waals surface area contributed by atoms with Crippen LogP contribution in [0, 0.1) is 11.8 Å². The molecule has 1 aliphatic rings. The van der Waals surface area contributed by atoms with Crippen molar-refractivity contribution in [3.63, 3.8) is 0 Å². The second-order valence-corrected chi connectivity index (χ2v) is 6.28. The molecule has 0 spiro atoms. The molecule has 0 radical (unpaired) electrons. The van der Waals surface area contributed by atoms with Gasteiger partial charge in [0, 0.05) is 11.1 Å². The number of rotatable bonds is 4. The second-order valence-electron chi connectivity index (χ2n) is 5.84. The van der Waals surface area contributed by atoms with Gasteiger partial charge in [-0.15, -0.1) is 0 Å². The monoisotopic (exact) mass is 281 g/mol. The summed E-state index contributed by atoms with van der Waals surface area (Å²) in [6.07, 6.45) is 5.98. The van der Waals surface area contributed by atoms with Crippen LogP contribution in [-0.4, -0.2) is 13.2 Å². The van der Waals surface area contributed by atoms with Gasteiger partial charge in [0.25, 0.3) is 0 Å². The molecular formula is C16H24ClNO. The lowest BCUT2D eigenvalue weighted by Crippen LogP contribution is -2.34. The first-order valence-electron chi connectivity index (χ1n) is 7.18. The number of hydrogen-bond acceptors (Lipinski definition) is 2. The Morgan fingerprint density at radius 3 is 2.63 bits per heavy atom. The van der Waals surface area contributed by atoms with Gasteiger partial charge in [0.05, 0.1) is 7.11 Å². The molecule has 0 bridgehead atoms. The van der Waals surface area contributed by atoms with Gasteiger partial charge >= 0.3 is 0 Å². The second kappa shape index (κ2) is 6.62. The summed E-state index contributed by atoms with van der Waals surface area (Å²) >= 11 is 6.07. The highest BCUT2D eigenvalue weighted by Gasteiger charge is 2.24. The van der Waals surface area contributed by atoms with E-state index in [-0.39, 0.29) is 6.04 Å². The molecule has 1 fully saturated rings. The van der Waals surface area contributed by atoms with Gasteiger partial charge in [-0.25, -0.2) is 0 Å². The molecule has 2 N–H and O–H groups in total. The summed E-state index contributed by atoms with van der Waals surface area (Å²) < 4.78 is 5.39. The van der Waals surface area contributed by atoms with Crippen LogP contribution >= 0.6 is 11.6 Å². The largest absolute Gasteiger partial charge is 0.496 e. The fraction of sp³-hybridized carbons (Fsp3) is 0.625. The van der Waals surface area contributed by atoms with Gasteiger partial charge in [0.2, 0.25) is 0 Å². The van der Waals surface area contributed by atoms with Crippen molar-refractivity contribution in [2.24, 2.45) is 17.6 Å². The first-order valence-corrected chi connectivity index (χ1v) is 7.56. The van der Waals surface area contributed by atoms with Crippen LogP contribution in [0.2, 0.25) is 5.02 Å². The maximum Gasteiger partial charge on any atom is 0.122 e. The summed E-state index contributed by atoms with van der Waals surface area (Å²) in [7, 11) is 1.69. The number of ether oxygens (including phenoxy) is 1. The summed E-state index contributed by atoms with van der Waals surface area (Å²) in [4.78, 5) is 0. The van der Waals surface area contributed by atoms with Crippen molar-refractivity contribution < 1.29 is 4.74 Å².